The van der Waals surface area contributed by atoms with Crippen LogP contribution >= 0.6 is 11.6 Å². The van der Waals surface area contributed by atoms with Crippen LogP contribution < -0.4 is 5.73 Å². The summed E-state index contributed by atoms with van der Waals surface area (Å²) in [5, 5.41) is 0. The van der Waals surface area contributed by atoms with E-state index in [1.54, 1.807) is 0 Å². The fourth-order valence-corrected chi connectivity index (χ4v) is 1.42. The van der Waals surface area contributed by atoms with Gasteiger partial charge in [-0.1, -0.05) is 0 Å². The molecular formula is C8H6ClF5N2. The van der Waals surface area contributed by atoms with Gasteiger partial charge in [0.25, 0.3) is 6.43 Å². The summed E-state index contributed by atoms with van der Waals surface area (Å²) in [6.07, 6.45) is -7.47. The van der Waals surface area contributed by atoms with Crippen molar-refractivity contribution < 1.29 is 22.0 Å². The van der Waals surface area contributed by atoms with Gasteiger partial charge in [0.05, 0.1) is 17.1 Å². The Hall–Kier alpha value is -1.11. The van der Waals surface area contributed by atoms with E-state index in [9.17, 15) is 22.0 Å². The number of nitrogen functional groups attached to an aromatic ring is 1. The molecule has 0 saturated heterocycles. The second kappa shape index (κ2) is 4.40. The number of nitrogens with zero attached hydrogens (tertiary/aromatic N) is 1. The minimum atomic E-state index is -4.74. The summed E-state index contributed by atoms with van der Waals surface area (Å²) < 4.78 is 61.8. The quantitative estimate of drug-likeness (QED) is 0.654. The van der Waals surface area contributed by atoms with Crippen LogP contribution in [0.2, 0.25) is 0 Å². The van der Waals surface area contributed by atoms with Crippen LogP contribution in [0.5, 0.6) is 0 Å². The maximum Gasteiger partial charge on any atom is 0.419 e. The van der Waals surface area contributed by atoms with Crippen LogP contribution in [-0.4, -0.2) is 4.98 Å². The summed E-state index contributed by atoms with van der Waals surface area (Å²) >= 11 is 5.28. The average molecular weight is 261 g/mol. The second-order valence-electron chi connectivity index (χ2n) is 2.88. The van der Waals surface area contributed by atoms with E-state index in [1.165, 1.54) is 0 Å². The Morgan fingerprint density at radius 3 is 2.31 bits per heavy atom. The van der Waals surface area contributed by atoms with Crippen LogP contribution in [-0.2, 0) is 12.1 Å². The summed E-state index contributed by atoms with van der Waals surface area (Å²) in [6.45, 7) is 0. The van der Waals surface area contributed by atoms with Crippen molar-refractivity contribution in [2.24, 2.45) is 0 Å². The molecular weight excluding hydrogens is 255 g/mol. The lowest BCUT2D eigenvalue weighted by Crippen LogP contribution is -2.13. The van der Waals surface area contributed by atoms with Gasteiger partial charge >= 0.3 is 6.18 Å². The lowest BCUT2D eigenvalue weighted by Gasteiger charge is -2.14. The number of rotatable bonds is 2. The van der Waals surface area contributed by atoms with Crippen molar-refractivity contribution >= 4 is 17.3 Å². The fourth-order valence-electron chi connectivity index (χ4n) is 1.14. The summed E-state index contributed by atoms with van der Waals surface area (Å²) in [4.78, 5) is 3.04. The molecule has 0 spiro atoms. The molecule has 0 saturated carbocycles. The Balaban J connectivity index is 3.41. The highest BCUT2D eigenvalue weighted by molar-refractivity contribution is 6.17. The predicted octanol–water partition coefficient (Wildman–Crippen LogP) is 3.36. The van der Waals surface area contributed by atoms with Crippen molar-refractivity contribution in [1.29, 1.82) is 0 Å². The highest BCUT2D eigenvalue weighted by Crippen LogP contribution is 2.37. The van der Waals surface area contributed by atoms with Crippen molar-refractivity contribution in [3.05, 3.63) is 23.0 Å². The van der Waals surface area contributed by atoms with E-state index in [2.05, 4.69) is 4.98 Å². The maximum atomic E-state index is 12.4. The molecule has 0 amide bonds. The topological polar surface area (TPSA) is 38.9 Å². The number of halogens is 6. The SMILES string of the molecule is Nc1c(C(F)(F)F)cnc(C(F)F)c1CCl. The zero-order valence-corrected chi connectivity index (χ0v) is 8.41. The number of pyridine rings is 1. The highest BCUT2D eigenvalue weighted by Gasteiger charge is 2.35. The van der Waals surface area contributed by atoms with Crippen molar-refractivity contribution in [1.82, 2.24) is 4.98 Å². The van der Waals surface area contributed by atoms with Crippen LogP contribution in [0.25, 0.3) is 0 Å². The molecule has 0 aromatic carbocycles. The number of alkyl halides is 6. The highest BCUT2D eigenvalue weighted by atomic mass is 35.5. The number of aromatic nitrogens is 1. The molecule has 0 aliphatic carbocycles. The number of hydrogen-bond acceptors (Lipinski definition) is 2. The van der Waals surface area contributed by atoms with Crippen molar-refractivity contribution in [3.8, 4) is 0 Å². The molecule has 1 aromatic heterocycles. The third kappa shape index (κ3) is 2.34. The van der Waals surface area contributed by atoms with E-state index in [1.807, 2.05) is 0 Å². The molecule has 1 aromatic rings. The Morgan fingerprint density at radius 2 is 1.94 bits per heavy atom. The summed E-state index contributed by atoms with van der Waals surface area (Å²) in [7, 11) is 0. The fraction of sp³-hybridized carbons (Fsp3) is 0.375. The van der Waals surface area contributed by atoms with Gasteiger partial charge < -0.3 is 5.73 Å². The average Bonchev–Trinajstić information content (AvgIpc) is 2.14. The number of nitrogens with two attached hydrogens (primary N) is 1. The molecule has 0 bridgehead atoms. The van der Waals surface area contributed by atoms with E-state index in [0.29, 0.717) is 0 Å². The zero-order valence-electron chi connectivity index (χ0n) is 7.65. The van der Waals surface area contributed by atoms with Gasteiger partial charge in [-0.3, -0.25) is 4.98 Å². The molecule has 0 aliphatic heterocycles. The second-order valence-corrected chi connectivity index (χ2v) is 3.15. The molecule has 0 atom stereocenters. The lowest BCUT2D eigenvalue weighted by molar-refractivity contribution is -0.137. The smallest absolute Gasteiger partial charge is 0.398 e. The van der Waals surface area contributed by atoms with Crippen LogP contribution in [0.15, 0.2) is 6.20 Å². The summed E-state index contributed by atoms with van der Waals surface area (Å²) in [6, 6.07) is 0. The number of anilines is 1. The molecule has 2 N–H and O–H groups in total. The van der Waals surface area contributed by atoms with Gasteiger partial charge in [-0.05, 0) is 0 Å². The molecule has 0 unspecified atom stereocenters. The third-order valence-corrected chi connectivity index (χ3v) is 2.17. The summed E-state index contributed by atoms with van der Waals surface area (Å²) in [5.74, 6) is -0.553. The van der Waals surface area contributed by atoms with Gasteiger partial charge in [0, 0.05) is 11.8 Å². The maximum absolute atomic E-state index is 12.4. The van der Waals surface area contributed by atoms with Crippen LogP contribution in [0.1, 0.15) is 23.2 Å². The first-order valence-electron chi connectivity index (χ1n) is 3.97. The molecule has 90 valence electrons. The van der Waals surface area contributed by atoms with Gasteiger partial charge in [-0.25, -0.2) is 8.78 Å². The third-order valence-electron chi connectivity index (χ3n) is 1.90. The van der Waals surface area contributed by atoms with Crippen LogP contribution in [0, 0.1) is 0 Å². The molecule has 1 heterocycles. The minimum absolute atomic E-state index is 0.285. The van der Waals surface area contributed by atoms with E-state index < -0.39 is 41.0 Å². The van der Waals surface area contributed by atoms with Crippen molar-refractivity contribution in [2.75, 3.05) is 5.73 Å². The zero-order chi connectivity index (χ0) is 12.5. The van der Waals surface area contributed by atoms with Crippen LogP contribution in [0.4, 0.5) is 27.6 Å². The Morgan fingerprint density at radius 1 is 1.38 bits per heavy atom. The molecule has 0 radical (unpaired) electrons. The van der Waals surface area contributed by atoms with E-state index in [4.69, 9.17) is 17.3 Å². The van der Waals surface area contributed by atoms with E-state index >= 15 is 0 Å². The first-order chi connectivity index (χ1) is 7.29. The van der Waals surface area contributed by atoms with Gasteiger partial charge in [0.15, 0.2) is 0 Å². The first-order valence-corrected chi connectivity index (χ1v) is 4.51. The molecule has 2 nitrogen and oxygen atoms in total. The van der Waals surface area contributed by atoms with Crippen molar-refractivity contribution in [3.63, 3.8) is 0 Å². The summed E-state index contributed by atoms with van der Waals surface area (Å²) in [5.41, 5.74) is 1.79. The standard InChI is InChI=1S/C8H6ClF5N2/c9-1-3-5(15)4(8(12,13)14)2-16-6(3)7(10)11/h2,7H,1H2,(H2,15,16). The Labute approximate surface area is 92.2 Å². The molecule has 0 aliphatic rings. The molecule has 0 fully saturated rings. The van der Waals surface area contributed by atoms with Gasteiger partial charge in [-0.15, -0.1) is 11.6 Å². The van der Waals surface area contributed by atoms with Crippen LogP contribution in [0.3, 0.4) is 0 Å². The molecule has 1 rings (SSSR count). The first kappa shape index (κ1) is 13.0. The Kier molecular flexibility index (Phi) is 3.57. The van der Waals surface area contributed by atoms with Gasteiger partial charge in [0.2, 0.25) is 0 Å². The molecule has 8 heteroatoms. The van der Waals surface area contributed by atoms with Gasteiger partial charge in [-0.2, -0.15) is 13.2 Å². The normalized spacial score (nSPS) is 12.2. The Bertz CT molecular complexity index is 391. The van der Waals surface area contributed by atoms with E-state index in [-0.39, 0.29) is 6.20 Å². The number of hydrogen-bond donors (Lipinski definition) is 1. The predicted molar refractivity (Wildman–Crippen MR) is 48.2 cm³/mol. The van der Waals surface area contributed by atoms with Crippen molar-refractivity contribution in [2.45, 2.75) is 18.5 Å². The molecule has 16 heavy (non-hydrogen) atoms. The largest absolute Gasteiger partial charge is 0.419 e. The van der Waals surface area contributed by atoms with E-state index in [0.717, 1.165) is 0 Å². The minimum Gasteiger partial charge on any atom is -0.398 e. The van der Waals surface area contributed by atoms with Gasteiger partial charge in [0.1, 0.15) is 5.69 Å². The monoisotopic (exact) mass is 260 g/mol. The lowest BCUT2D eigenvalue weighted by atomic mass is 10.1.